The molecular weight excluding hydrogens is 296 g/mol. The summed E-state index contributed by atoms with van der Waals surface area (Å²) in [5.74, 6) is 0. The highest BCUT2D eigenvalue weighted by molar-refractivity contribution is 8.01. The molecule has 0 amide bonds. The SMILES string of the molecule is c1ccc2sc(Sc3ccc(CNC4CC4)cc3)nc2c1. The van der Waals surface area contributed by atoms with Gasteiger partial charge in [0.05, 0.1) is 10.2 Å². The molecule has 0 bridgehead atoms. The predicted molar refractivity (Wildman–Crippen MR) is 90.0 cm³/mol. The Morgan fingerprint density at radius 2 is 1.90 bits per heavy atom. The molecule has 1 fully saturated rings. The van der Waals surface area contributed by atoms with E-state index in [1.165, 1.54) is 28.0 Å². The first-order chi connectivity index (χ1) is 10.4. The normalized spacial score (nSPS) is 14.7. The van der Waals surface area contributed by atoms with Crippen molar-refractivity contribution < 1.29 is 0 Å². The van der Waals surface area contributed by atoms with E-state index in [2.05, 4.69) is 52.8 Å². The van der Waals surface area contributed by atoms with Crippen molar-refractivity contribution >= 4 is 33.3 Å². The number of para-hydroxylation sites is 1. The van der Waals surface area contributed by atoms with Crippen LogP contribution in [0, 0.1) is 0 Å². The van der Waals surface area contributed by atoms with Crippen LogP contribution in [0.15, 0.2) is 57.8 Å². The lowest BCUT2D eigenvalue weighted by molar-refractivity contribution is 0.687. The van der Waals surface area contributed by atoms with Crippen molar-refractivity contribution in [1.82, 2.24) is 10.3 Å². The number of nitrogens with zero attached hydrogens (tertiary/aromatic N) is 1. The molecule has 4 heteroatoms. The fraction of sp³-hybridized carbons (Fsp3) is 0.235. The maximum absolute atomic E-state index is 4.67. The Kier molecular flexibility index (Phi) is 3.67. The Hall–Kier alpha value is -1.36. The van der Waals surface area contributed by atoms with Gasteiger partial charge in [-0.25, -0.2) is 4.98 Å². The summed E-state index contributed by atoms with van der Waals surface area (Å²) in [4.78, 5) is 5.92. The third-order valence-corrected chi connectivity index (χ3v) is 5.68. The summed E-state index contributed by atoms with van der Waals surface area (Å²) in [6.45, 7) is 0.983. The van der Waals surface area contributed by atoms with Crippen molar-refractivity contribution in [2.75, 3.05) is 0 Å². The van der Waals surface area contributed by atoms with E-state index in [1.807, 2.05) is 6.07 Å². The van der Waals surface area contributed by atoms with Crippen LogP contribution in [0.25, 0.3) is 10.2 Å². The smallest absolute Gasteiger partial charge is 0.155 e. The molecule has 1 N–H and O–H groups in total. The molecule has 2 nitrogen and oxygen atoms in total. The Bertz CT molecular complexity index is 712. The van der Waals surface area contributed by atoms with Gasteiger partial charge in [-0.1, -0.05) is 36.0 Å². The lowest BCUT2D eigenvalue weighted by Crippen LogP contribution is -2.14. The van der Waals surface area contributed by atoms with Crippen LogP contribution >= 0.6 is 23.1 Å². The maximum atomic E-state index is 4.67. The van der Waals surface area contributed by atoms with Gasteiger partial charge in [0.15, 0.2) is 4.34 Å². The van der Waals surface area contributed by atoms with Gasteiger partial charge in [-0.2, -0.15) is 0 Å². The number of hydrogen-bond acceptors (Lipinski definition) is 4. The van der Waals surface area contributed by atoms with Crippen molar-refractivity contribution in [2.45, 2.75) is 34.7 Å². The van der Waals surface area contributed by atoms with Gasteiger partial charge in [-0.3, -0.25) is 0 Å². The first kappa shape index (κ1) is 13.3. The Morgan fingerprint density at radius 3 is 2.67 bits per heavy atom. The number of hydrogen-bond donors (Lipinski definition) is 1. The lowest BCUT2D eigenvalue weighted by atomic mass is 10.2. The summed E-state index contributed by atoms with van der Waals surface area (Å²) >= 11 is 3.50. The summed E-state index contributed by atoms with van der Waals surface area (Å²) in [7, 11) is 0. The fourth-order valence-electron chi connectivity index (χ4n) is 2.22. The van der Waals surface area contributed by atoms with E-state index < -0.39 is 0 Å². The molecule has 1 aliphatic rings. The van der Waals surface area contributed by atoms with Crippen LogP contribution in [0.3, 0.4) is 0 Å². The molecule has 0 atom stereocenters. The minimum absolute atomic E-state index is 0.766. The molecule has 0 radical (unpaired) electrons. The van der Waals surface area contributed by atoms with Crippen molar-refractivity contribution in [3.05, 3.63) is 54.1 Å². The van der Waals surface area contributed by atoms with Gasteiger partial charge < -0.3 is 5.32 Å². The average Bonchev–Trinajstić information content (AvgIpc) is 3.25. The molecule has 1 aromatic heterocycles. The maximum Gasteiger partial charge on any atom is 0.155 e. The number of aromatic nitrogens is 1. The van der Waals surface area contributed by atoms with Crippen LogP contribution in [-0.4, -0.2) is 11.0 Å². The van der Waals surface area contributed by atoms with E-state index in [1.54, 1.807) is 23.1 Å². The molecule has 1 aliphatic carbocycles. The zero-order chi connectivity index (χ0) is 14.1. The first-order valence-electron chi connectivity index (χ1n) is 7.22. The van der Waals surface area contributed by atoms with E-state index in [9.17, 15) is 0 Å². The predicted octanol–water partition coefficient (Wildman–Crippen LogP) is 4.70. The monoisotopic (exact) mass is 312 g/mol. The third kappa shape index (κ3) is 3.28. The van der Waals surface area contributed by atoms with Gasteiger partial charge in [-0.05, 0) is 42.7 Å². The molecule has 2 aromatic carbocycles. The first-order valence-corrected chi connectivity index (χ1v) is 8.86. The largest absolute Gasteiger partial charge is 0.310 e. The number of fused-ring (bicyclic) bond motifs is 1. The molecule has 0 spiro atoms. The van der Waals surface area contributed by atoms with E-state index in [4.69, 9.17) is 0 Å². The highest BCUT2D eigenvalue weighted by atomic mass is 32.2. The summed E-state index contributed by atoms with van der Waals surface area (Å²) in [5.41, 5.74) is 2.45. The van der Waals surface area contributed by atoms with Gasteiger partial charge in [0.25, 0.3) is 0 Å². The third-order valence-electron chi connectivity index (χ3n) is 3.57. The number of thiazole rings is 1. The minimum atomic E-state index is 0.766. The minimum Gasteiger partial charge on any atom is -0.310 e. The highest BCUT2D eigenvalue weighted by Gasteiger charge is 2.19. The molecule has 21 heavy (non-hydrogen) atoms. The fourth-order valence-corrected chi connectivity index (χ4v) is 4.26. The van der Waals surface area contributed by atoms with Crippen molar-refractivity contribution in [3.8, 4) is 0 Å². The van der Waals surface area contributed by atoms with Gasteiger partial charge in [0.1, 0.15) is 0 Å². The molecule has 0 aliphatic heterocycles. The van der Waals surface area contributed by atoms with E-state index in [0.717, 1.165) is 22.4 Å². The Balaban J connectivity index is 1.45. The molecule has 1 heterocycles. The Labute approximate surface area is 132 Å². The van der Waals surface area contributed by atoms with E-state index >= 15 is 0 Å². The van der Waals surface area contributed by atoms with Crippen molar-refractivity contribution in [2.24, 2.45) is 0 Å². The van der Waals surface area contributed by atoms with Crippen LogP contribution in [0.4, 0.5) is 0 Å². The highest BCUT2D eigenvalue weighted by Crippen LogP contribution is 2.34. The summed E-state index contributed by atoms with van der Waals surface area (Å²) in [6, 6.07) is 17.9. The molecule has 106 valence electrons. The molecular formula is C17H16N2S2. The van der Waals surface area contributed by atoms with Crippen LogP contribution < -0.4 is 5.32 Å². The molecule has 1 saturated carbocycles. The lowest BCUT2D eigenvalue weighted by Gasteiger charge is -2.04. The summed E-state index contributed by atoms with van der Waals surface area (Å²) in [5, 5.41) is 3.54. The van der Waals surface area contributed by atoms with Crippen LogP contribution in [-0.2, 0) is 6.54 Å². The number of nitrogens with one attached hydrogen (secondary N) is 1. The molecule has 3 aromatic rings. The number of benzene rings is 2. The van der Waals surface area contributed by atoms with Crippen LogP contribution in [0.5, 0.6) is 0 Å². The van der Waals surface area contributed by atoms with Gasteiger partial charge in [0, 0.05) is 17.5 Å². The van der Waals surface area contributed by atoms with E-state index in [0.29, 0.717) is 0 Å². The molecule has 4 rings (SSSR count). The van der Waals surface area contributed by atoms with Crippen LogP contribution in [0.2, 0.25) is 0 Å². The second-order valence-electron chi connectivity index (χ2n) is 5.35. The molecule has 0 saturated heterocycles. The van der Waals surface area contributed by atoms with E-state index in [-0.39, 0.29) is 0 Å². The topological polar surface area (TPSA) is 24.9 Å². The summed E-state index contributed by atoms with van der Waals surface area (Å²) in [6.07, 6.45) is 2.68. The van der Waals surface area contributed by atoms with Crippen LogP contribution in [0.1, 0.15) is 18.4 Å². The second kappa shape index (κ2) is 5.79. The number of rotatable bonds is 5. The van der Waals surface area contributed by atoms with Gasteiger partial charge in [0.2, 0.25) is 0 Å². The quantitative estimate of drug-likeness (QED) is 0.739. The molecule has 0 unspecified atom stereocenters. The van der Waals surface area contributed by atoms with Gasteiger partial charge >= 0.3 is 0 Å². The average molecular weight is 312 g/mol. The Morgan fingerprint density at radius 1 is 1.10 bits per heavy atom. The zero-order valence-electron chi connectivity index (χ0n) is 11.6. The van der Waals surface area contributed by atoms with Gasteiger partial charge in [-0.15, -0.1) is 11.3 Å². The zero-order valence-corrected chi connectivity index (χ0v) is 13.2. The van der Waals surface area contributed by atoms with Crippen molar-refractivity contribution in [1.29, 1.82) is 0 Å². The van der Waals surface area contributed by atoms with Crippen molar-refractivity contribution in [3.63, 3.8) is 0 Å². The standard InChI is InChI=1S/C17H16N2S2/c1-2-4-16-15(3-1)19-17(21-16)20-14-9-5-12(6-10-14)11-18-13-7-8-13/h1-6,9-10,13,18H,7-8,11H2. The second-order valence-corrected chi connectivity index (χ2v) is 7.70. The summed E-state index contributed by atoms with van der Waals surface area (Å²) < 4.78 is 2.37.